The van der Waals surface area contributed by atoms with Gasteiger partial charge in [-0.1, -0.05) is 31.2 Å². The Morgan fingerprint density at radius 1 is 1.14 bits per heavy atom. The van der Waals surface area contributed by atoms with Gasteiger partial charge in [0, 0.05) is 18.2 Å². The first kappa shape index (κ1) is 19.5. The lowest BCUT2D eigenvalue weighted by atomic mass is 9.72. The molecule has 2 aromatic carbocycles. The molecule has 1 aliphatic heterocycles. The summed E-state index contributed by atoms with van der Waals surface area (Å²) >= 11 is 0. The third-order valence-electron chi connectivity index (χ3n) is 5.07. The van der Waals surface area contributed by atoms with Gasteiger partial charge in [0.05, 0.1) is 5.41 Å². The minimum absolute atomic E-state index is 0.245. The van der Waals surface area contributed by atoms with Crippen molar-refractivity contribution >= 4 is 29.5 Å². The number of carbonyl (C=O) groups is 3. The number of hydrogen-bond acceptors (Lipinski definition) is 3. The monoisotopic (exact) mass is 380 g/mol. The van der Waals surface area contributed by atoms with E-state index in [4.69, 9.17) is 0 Å². The topological polar surface area (TPSA) is 75.3 Å². The molecule has 0 saturated carbocycles. The quantitative estimate of drug-likeness (QED) is 0.615. The average Bonchev–Trinajstić information content (AvgIpc) is 2.69. The maximum Gasteiger partial charge on any atom is 0.248 e. The van der Waals surface area contributed by atoms with Crippen LogP contribution in [0.5, 0.6) is 0 Å². The number of imide groups is 1. The fraction of sp³-hybridized carbons (Fsp3) is 0.227. The van der Waals surface area contributed by atoms with Gasteiger partial charge in [-0.15, -0.1) is 0 Å². The van der Waals surface area contributed by atoms with Gasteiger partial charge >= 0.3 is 0 Å². The third-order valence-corrected chi connectivity index (χ3v) is 5.07. The van der Waals surface area contributed by atoms with Crippen LogP contribution in [0.25, 0.3) is 6.08 Å². The number of piperidine rings is 1. The van der Waals surface area contributed by atoms with Crippen LogP contribution in [0.15, 0.2) is 54.6 Å². The van der Waals surface area contributed by atoms with E-state index < -0.39 is 5.41 Å². The summed E-state index contributed by atoms with van der Waals surface area (Å²) in [6, 6.07) is 12.9. The highest BCUT2D eigenvalue weighted by atomic mass is 19.1. The molecule has 6 heteroatoms. The molecule has 1 heterocycles. The molecule has 1 fully saturated rings. The Labute approximate surface area is 162 Å². The summed E-state index contributed by atoms with van der Waals surface area (Å²) in [5.41, 5.74) is 1.41. The van der Waals surface area contributed by atoms with Gasteiger partial charge < -0.3 is 5.32 Å². The lowest BCUT2D eigenvalue weighted by Crippen LogP contribution is -2.51. The van der Waals surface area contributed by atoms with Gasteiger partial charge in [-0.25, -0.2) is 4.39 Å². The number of halogens is 1. The third kappa shape index (κ3) is 4.17. The second-order valence-corrected chi connectivity index (χ2v) is 6.76. The molecule has 2 N–H and O–H groups in total. The van der Waals surface area contributed by atoms with E-state index in [1.54, 1.807) is 42.5 Å². The van der Waals surface area contributed by atoms with E-state index in [1.807, 2.05) is 6.92 Å². The molecule has 1 saturated heterocycles. The first-order valence-electron chi connectivity index (χ1n) is 9.12. The van der Waals surface area contributed by atoms with E-state index in [0.29, 0.717) is 24.9 Å². The van der Waals surface area contributed by atoms with Crippen molar-refractivity contribution in [2.75, 3.05) is 5.32 Å². The van der Waals surface area contributed by atoms with Gasteiger partial charge in [0.15, 0.2) is 0 Å². The lowest BCUT2D eigenvalue weighted by Gasteiger charge is -2.35. The highest BCUT2D eigenvalue weighted by Crippen LogP contribution is 2.36. The largest absolute Gasteiger partial charge is 0.323 e. The second kappa shape index (κ2) is 8.17. The molecule has 1 aliphatic rings. The minimum atomic E-state index is -0.723. The summed E-state index contributed by atoms with van der Waals surface area (Å²) in [5.74, 6) is -1.16. The van der Waals surface area contributed by atoms with Gasteiger partial charge in [0.1, 0.15) is 5.82 Å². The predicted octanol–water partition coefficient (Wildman–Crippen LogP) is 3.56. The summed E-state index contributed by atoms with van der Waals surface area (Å²) in [7, 11) is 0. The van der Waals surface area contributed by atoms with Gasteiger partial charge in [-0.05, 0) is 54.3 Å². The van der Waals surface area contributed by atoms with Crippen molar-refractivity contribution in [3.63, 3.8) is 0 Å². The molecule has 1 atom stereocenters. The first-order chi connectivity index (χ1) is 13.4. The Balaban J connectivity index is 1.68. The standard InChI is InChI=1S/C22H21FN2O3/c1-2-22(14-13-20(27)25-21(22)28)16-6-10-18(11-7-16)24-19(26)12-5-15-3-8-17(23)9-4-15/h3-12H,2,13-14H2,1H3,(H,24,26)(H,25,27,28). The number of anilines is 1. The van der Waals surface area contributed by atoms with Crippen molar-refractivity contribution in [3.05, 3.63) is 71.6 Å². The first-order valence-corrected chi connectivity index (χ1v) is 9.12. The fourth-order valence-corrected chi connectivity index (χ4v) is 3.37. The zero-order valence-corrected chi connectivity index (χ0v) is 15.5. The van der Waals surface area contributed by atoms with Crippen LogP contribution in [0.1, 0.15) is 37.3 Å². The number of nitrogens with one attached hydrogen (secondary N) is 2. The molecule has 5 nitrogen and oxygen atoms in total. The molecule has 0 radical (unpaired) electrons. The molecule has 0 bridgehead atoms. The summed E-state index contributed by atoms with van der Waals surface area (Å²) in [6.45, 7) is 1.92. The van der Waals surface area contributed by atoms with Crippen molar-refractivity contribution in [1.29, 1.82) is 0 Å². The van der Waals surface area contributed by atoms with Crippen LogP contribution in [0.3, 0.4) is 0 Å². The molecule has 144 valence electrons. The number of carbonyl (C=O) groups excluding carboxylic acids is 3. The summed E-state index contributed by atoms with van der Waals surface area (Å²) in [4.78, 5) is 36.0. The zero-order valence-electron chi connectivity index (χ0n) is 15.5. The Hall–Kier alpha value is -3.28. The van der Waals surface area contributed by atoms with Crippen molar-refractivity contribution in [2.24, 2.45) is 0 Å². The Bertz CT molecular complexity index is 920. The normalized spacial score (nSPS) is 19.5. The van der Waals surface area contributed by atoms with Gasteiger partial charge in [0.2, 0.25) is 17.7 Å². The SMILES string of the molecule is CCC1(c2ccc(NC(=O)C=Cc3ccc(F)cc3)cc2)CCC(=O)NC1=O. The van der Waals surface area contributed by atoms with Gasteiger partial charge in [-0.2, -0.15) is 0 Å². The van der Waals surface area contributed by atoms with Crippen molar-refractivity contribution in [3.8, 4) is 0 Å². The van der Waals surface area contributed by atoms with Gasteiger partial charge in [0.25, 0.3) is 0 Å². The second-order valence-electron chi connectivity index (χ2n) is 6.76. The van der Waals surface area contributed by atoms with Crippen molar-refractivity contribution in [2.45, 2.75) is 31.6 Å². The van der Waals surface area contributed by atoms with Gasteiger partial charge in [-0.3, -0.25) is 19.7 Å². The molecule has 0 aromatic heterocycles. The van der Waals surface area contributed by atoms with E-state index in [2.05, 4.69) is 10.6 Å². The minimum Gasteiger partial charge on any atom is -0.323 e. The average molecular weight is 380 g/mol. The zero-order chi connectivity index (χ0) is 20.1. The van der Waals surface area contributed by atoms with Crippen LogP contribution in [-0.4, -0.2) is 17.7 Å². The highest BCUT2D eigenvalue weighted by molar-refractivity contribution is 6.04. The molecule has 3 rings (SSSR count). The van der Waals surface area contributed by atoms with Crippen LogP contribution < -0.4 is 10.6 Å². The fourth-order valence-electron chi connectivity index (χ4n) is 3.37. The molecule has 2 aromatic rings. The smallest absolute Gasteiger partial charge is 0.248 e. The van der Waals surface area contributed by atoms with Crippen LogP contribution in [-0.2, 0) is 19.8 Å². The number of rotatable bonds is 5. The molecule has 3 amide bonds. The number of benzene rings is 2. The van der Waals surface area contributed by atoms with Crippen LogP contribution in [0, 0.1) is 5.82 Å². The van der Waals surface area contributed by atoms with Crippen LogP contribution in [0.4, 0.5) is 10.1 Å². The molecule has 28 heavy (non-hydrogen) atoms. The molecule has 0 aliphatic carbocycles. The molecule has 0 spiro atoms. The summed E-state index contributed by atoms with van der Waals surface area (Å²) in [5, 5.41) is 5.17. The van der Waals surface area contributed by atoms with Crippen LogP contribution >= 0.6 is 0 Å². The maximum absolute atomic E-state index is 12.9. The van der Waals surface area contributed by atoms with Crippen molar-refractivity contribution in [1.82, 2.24) is 5.32 Å². The van der Waals surface area contributed by atoms with E-state index in [1.165, 1.54) is 18.2 Å². The summed E-state index contributed by atoms with van der Waals surface area (Å²) in [6.07, 6.45) is 4.33. The molecular formula is C22H21FN2O3. The van der Waals surface area contributed by atoms with Crippen LogP contribution in [0.2, 0.25) is 0 Å². The van der Waals surface area contributed by atoms with E-state index >= 15 is 0 Å². The molecular weight excluding hydrogens is 359 g/mol. The lowest BCUT2D eigenvalue weighted by molar-refractivity contribution is -0.138. The molecule has 1 unspecified atom stereocenters. The Kier molecular flexibility index (Phi) is 5.68. The van der Waals surface area contributed by atoms with E-state index in [0.717, 1.165) is 11.1 Å². The highest BCUT2D eigenvalue weighted by Gasteiger charge is 2.42. The van der Waals surface area contributed by atoms with E-state index in [-0.39, 0.29) is 23.5 Å². The van der Waals surface area contributed by atoms with E-state index in [9.17, 15) is 18.8 Å². The maximum atomic E-state index is 12.9. The number of amides is 3. The predicted molar refractivity (Wildman–Crippen MR) is 105 cm³/mol. The van der Waals surface area contributed by atoms with Crippen molar-refractivity contribution < 1.29 is 18.8 Å². The number of hydrogen-bond donors (Lipinski definition) is 2. The summed E-state index contributed by atoms with van der Waals surface area (Å²) < 4.78 is 12.9. The Morgan fingerprint density at radius 3 is 2.43 bits per heavy atom. The Morgan fingerprint density at radius 2 is 1.82 bits per heavy atom.